The van der Waals surface area contributed by atoms with Crippen molar-refractivity contribution < 1.29 is 4.84 Å². The number of aromatic nitrogens is 1. The minimum atomic E-state index is 0.572. The van der Waals surface area contributed by atoms with Crippen LogP contribution in [0.3, 0.4) is 0 Å². The average molecular weight is 261 g/mol. The average Bonchev–Trinajstić information content (AvgIpc) is 2.66. The first kappa shape index (κ1) is 13.0. The van der Waals surface area contributed by atoms with Crippen LogP contribution in [0.1, 0.15) is 32.3 Å². The summed E-state index contributed by atoms with van der Waals surface area (Å²) in [4.78, 5) is 12.7. The van der Waals surface area contributed by atoms with Crippen molar-refractivity contribution in [2.75, 3.05) is 13.1 Å². The molecule has 4 heteroatoms. The van der Waals surface area contributed by atoms with Crippen molar-refractivity contribution in [3.63, 3.8) is 0 Å². The summed E-state index contributed by atoms with van der Waals surface area (Å²) in [5.41, 5.74) is 1.20. The Bertz CT molecular complexity index is 395. The maximum Gasteiger partial charge on any atom is 0.0937 e. The fourth-order valence-corrected chi connectivity index (χ4v) is 3.16. The molecule has 2 bridgehead atoms. The quantitative estimate of drug-likeness (QED) is 0.829. The molecular weight excluding hydrogens is 238 g/mol. The lowest BCUT2D eigenvalue weighted by atomic mass is 10.2. The summed E-state index contributed by atoms with van der Waals surface area (Å²) < 4.78 is 0. The molecule has 19 heavy (non-hydrogen) atoms. The molecule has 0 amide bonds. The Hall–Kier alpha value is -0.970. The maximum atomic E-state index is 6.06. The summed E-state index contributed by atoms with van der Waals surface area (Å²) in [7, 11) is 0. The van der Waals surface area contributed by atoms with Crippen molar-refractivity contribution in [3.05, 3.63) is 30.1 Å². The summed E-state index contributed by atoms with van der Waals surface area (Å²) >= 11 is 0. The van der Waals surface area contributed by atoms with Crippen LogP contribution in [0, 0.1) is 0 Å². The number of nitrogens with zero attached hydrogens (tertiary/aromatic N) is 3. The Labute approximate surface area is 115 Å². The third-order valence-corrected chi connectivity index (χ3v) is 4.30. The monoisotopic (exact) mass is 261 g/mol. The molecule has 104 valence electrons. The Morgan fingerprint density at radius 1 is 1.21 bits per heavy atom. The molecule has 0 aromatic carbocycles. The van der Waals surface area contributed by atoms with Crippen LogP contribution in [0.2, 0.25) is 0 Å². The molecule has 2 aliphatic rings. The third kappa shape index (κ3) is 2.81. The van der Waals surface area contributed by atoms with Crippen LogP contribution in [-0.4, -0.2) is 46.2 Å². The predicted molar refractivity (Wildman–Crippen MR) is 74.4 cm³/mol. The summed E-state index contributed by atoms with van der Waals surface area (Å²) in [5.74, 6) is 0. The highest BCUT2D eigenvalue weighted by Crippen LogP contribution is 2.31. The summed E-state index contributed by atoms with van der Waals surface area (Å²) in [6, 6.07) is 5.83. The Kier molecular flexibility index (Phi) is 3.82. The summed E-state index contributed by atoms with van der Waals surface area (Å²) in [6.07, 6.45) is 6.18. The molecule has 4 nitrogen and oxygen atoms in total. The van der Waals surface area contributed by atoms with Crippen molar-refractivity contribution in [1.29, 1.82) is 0 Å². The smallest absolute Gasteiger partial charge is 0.0937 e. The minimum absolute atomic E-state index is 0.572. The first-order chi connectivity index (χ1) is 9.24. The molecule has 0 aliphatic carbocycles. The van der Waals surface area contributed by atoms with E-state index in [1.807, 2.05) is 24.5 Å². The van der Waals surface area contributed by atoms with E-state index in [0.717, 1.165) is 13.1 Å². The van der Waals surface area contributed by atoms with Gasteiger partial charge in [0, 0.05) is 43.6 Å². The molecule has 3 rings (SSSR count). The van der Waals surface area contributed by atoms with Gasteiger partial charge in [-0.25, -0.2) is 0 Å². The normalized spacial score (nSPS) is 28.2. The van der Waals surface area contributed by atoms with Crippen molar-refractivity contribution in [1.82, 2.24) is 14.9 Å². The van der Waals surface area contributed by atoms with Crippen LogP contribution in [0.25, 0.3) is 0 Å². The number of fused-ring (bicyclic) bond motifs is 2. The zero-order valence-electron chi connectivity index (χ0n) is 11.8. The third-order valence-electron chi connectivity index (χ3n) is 4.30. The zero-order chi connectivity index (χ0) is 13.2. The lowest BCUT2D eigenvalue weighted by molar-refractivity contribution is -0.224. The fraction of sp³-hybridized carbons (Fsp3) is 0.667. The number of pyridine rings is 1. The number of hydrogen-bond acceptors (Lipinski definition) is 4. The second-order valence-corrected chi connectivity index (χ2v) is 5.92. The molecule has 2 saturated heterocycles. The van der Waals surface area contributed by atoms with Crippen molar-refractivity contribution in [3.8, 4) is 0 Å². The van der Waals surface area contributed by atoms with Gasteiger partial charge in [0.2, 0.25) is 0 Å². The van der Waals surface area contributed by atoms with E-state index in [4.69, 9.17) is 4.84 Å². The van der Waals surface area contributed by atoms with E-state index in [2.05, 4.69) is 28.8 Å². The second-order valence-electron chi connectivity index (χ2n) is 5.92. The van der Waals surface area contributed by atoms with Crippen LogP contribution in [0.15, 0.2) is 24.5 Å². The maximum absolute atomic E-state index is 6.06. The highest BCUT2D eigenvalue weighted by atomic mass is 16.7. The van der Waals surface area contributed by atoms with Gasteiger partial charge in [0.25, 0.3) is 0 Å². The number of piperazine rings is 1. The van der Waals surface area contributed by atoms with Gasteiger partial charge in [-0.2, -0.15) is 5.06 Å². The minimum Gasteiger partial charge on any atom is -0.298 e. The topological polar surface area (TPSA) is 28.6 Å². The Morgan fingerprint density at radius 3 is 2.42 bits per heavy atom. The van der Waals surface area contributed by atoms with Crippen LogP contribution in [0.5, 0.6) is 0 Å². The van der Waals surface area contributed by atoms with Gasteiger partial charge < -0.3 is 0 Å². The van der Waals surface area contributed by atoms with E-state index in [1.165, 1.54) is 18.4 Å². The Balaban J connectivity index is 1.58. The number of hydroxylamine groups is 2. The molecule has 2 aliphatic heterocycles. The van der Waals surface area contributed by atoms with Crippen molar-refractivity contribution >= 4 is 0 Å². The van der Waals surface area contributed by atoms with E-state index in [0.29, 0.717) is 24.7 Å². The van der Waals surface area contributed by atoms with E-state index in [1.54, 1.807) is 0 Å². The molecule has 1 aromatic rings. The Morgan fingerprint density at radius 2 is 1.84 bits per heavy atom. The van der Waals surface area contributed by atoms with Crippen LogP contribution < -0.4 is 0 Å². The SMILES string of the molecule is CC(C)N1C[C@H]2CC[C@@H](C1)N2OCc1ccncc1. The van der Waals surface area contributed by atoms with Gasteiger partial charge in [0.1, 0.15) is 0 Å². The van der Waals surface area contributed by atoms with Gasteiger partial charge in [0.15, 0.2) is 0 Å². The summed E-state index contributed by atoms with van der Waals surface area (Å²) in [6.45, 7) is 7.52. The molecule has 0 saturated carbocycles. The number of likely N-dealkylation sites (tertiary alicyclic amines) is 1. The molecular formula is C15H23N3O. The molecule has 0 unspecified atom stereocenters. The second kappa shape index (κ2) is 5.57. The van der Waals surface area contributed by atoms with Crippen molar-refractivity contribution in [2.45, 2.75) is 51.4 Å². The molecule has 3 heterocycles. The van der Waals surface area contributed by atoms with Gasteiger partial charge in [-0.3, -0.25) is 14.7 Å². The van der Waals surface area contributed by atoms with E-state index < -0.39 is 0 Å². The highest BCUT2D eigenvalue weighted by Gasteiger charge is 2.41. The molecule has 0 N–H and O–H groups in total. The first-order valence-electron chi connectivity index (χ1n) is 7.28. The number of hydrogen-bond donors (Lipinski definition) is 0. The largest absolute Gasteiger partial charge is 0.298 e. The molecule has 1 aromatic heterocycles. The van der Waals surface area contributed by atoms with Crippen molar-refractivity contribution in [2.24, 2.45) is 0 Å². The number of rotatable bonds is 4. The van der Waals surface area contributed by atoms with E-state index in [-0.39, 0.29) is 0 Å². The van der Waals surface area contributed by atoms with Crippen LogP contribution >= 0.6 is 0 Å². The molecule has 0 spiro atoms. The molecule has 2 atom stereocenters. The predicted octanol–water partition coefficient (Wildman–Crippen LogP) is 2.07. The molecule has 0 radical (unpaired) electrons. The van der Waals surface area contributed by atoms with Crippen LogP contribution in [0.4, 0.5) is 0 Å². The van der Waals surface area contributed by atoms with Gasteiger partial charge in [-0.15, -0.1) is 0 Å². The van der Waals surface area contributed by atoms with E-state index in [9.17, 15) is 0 Å². The standard InChI is InChI=1S/C15H23N3O/c1-12(2)17-9-14-3-4-15(10-17)18(14)19-11-13-5-7-16-8-6-13/h5-8,12,14-15H,3-4,9-11H2,1-2H3/t14-,15+. The van der Waals surface area contributed by atoms with E-state index >= 15 is 0 Å². The molecule has 2 fully saturated rings. The van der Waals surface area contributed by atoms with Gasteiger partial charge in [-0.05, 0) is 44.4 Å². The van der Waals surface area contributed by atoms with Gasteiger partial charge in [0.05, 0.1) is 6.61 Å². The van der Waals surface area contributed by atoms with Crippen LogP contribution in [-0.2, 0) is 11.4 Å². The summed E-state index contributed by atoms with van der Waals surface area (Å²) in [5, 5.41) is 2.26. The first-order valence-corrected chi connectivity index (χ1v) is 7.28. The van der Waals surface area contributed by atoms with Gasteiger partial charge >= 0.3 is 0 Å². The van der Waals surface area contributed by atoms with Gasteiger partial charge in [-0.1, -0.05) is 0 Å². The highest BCUT2D eigenvalue weighted by molar-refractivity contribution is 5.08. The lowest BCUT2D eigenvalue weighted by Crippen LogP contribution is -2.55. The zero-order valence-corrected chi connectivity index (χ0v) is 11.8. The fourth-order valence-electron chi connectivity index (χ4n) is 3.16. The lowest BCUT2D eigenvalue weighted by Gasteiger charge is -2.41.